The number of ether oxygens (including phenoxy) is 1. The lowest BCUT2D eigenvalue weighted by atomic mass is 10.2. The van der Waals surface area contributed by atoms with Crippen LogP contribution in [0.2, 0.25) is 5.02 Å². The van der Waals surface area contributed by atoms with Gasteiger partial charge in [0.25, 0.3) is 0 Å². The summed E-state index contributed by atoms with van der Waals surface area (Å²) in [4.78, 5) is 10.6. The zero-order chi connectivity index (χ0) is 12.0. The minimum Gasteiger partial charge on any atom is -0.443 e. The van der Waals surface area contributed by atoms with E-state index < -0.39 is 12.1 Å². The van der Waals surface area contributed by atoms with E-state index in [0.29, 0.717) is 5.02 Å². The van der Waals surface area contributed by atoms with Crippen molar-refractivity contribution in [2.45, 2.75) is 13.0 Å². The van der Waals surface area contributed by atoms with E-state index >= 15 is 0 Å². The van der Waals surface area contributed by atoms with Crippen LogP contribution in [0.4, 0.5) is 0 Å². The summed E-state index contributed by atoms with van der Waals surface area (Å²) < 4.78 is 4.73. The summed E-state index contributed by atoms with van der Waals surface area (Å²) in [7, 11) is 0. The highest BCUT2D eigenvalue weighted by atomic mass is 35.5. The topological polar surface area (TPSA) is 50.1 Å². The Morgan fingerprint density at radius 3 is 2.62 bits per heavy atom. The predicted octanol–water partition coefficient (Wildman–Crippen LogP) is 2.81. The first-order valence-electron chi connectivity index (χ1n) is 4.62. The van der Waals surface area contributed by atoms with Crippen molar-refractivity contribution in [3.8, 4) is 6.07 Å². The fourth-order valence-corrected chi connectivity index (χ4v) is 1.19. The van der Waals surface area contributed by atoms with Gasteiger partial charge in [-0.2, -0.15) is 5.26 Å². The molecule has 0 aromatic heterocycles. The number of benzene rings is 1. The molecule has 0 N–H and O–H groups in total. The molecule has 0 fully saturated rings. The van der Waals surface area contributed by atoms with Crippen molar-refractivity contribution >= 4 is 23.6 Å². The van der Waals surface area contributed by atoms with E-state index in [9.17, 15) is 4.79 Å². The predicted molar refractivity (Wildman–Crippen MR) is 61.7 cm³/mol. The SMILES string of the molecule is CC(=O)OC(C#N)/C=C/c1ccc(Cl)cc1. The van der Waals surface area contributed by atoms with Crippen molar-refractivity contribution < 1.29 is 9.53 Å². The molecule has 0 radical (unpaired) electrons. The van der Waals surface area contributed by atoms with Gasteiger partial charge in [-0.05, 0) is 23.8 Å². The quantitative estimate of drug-likeness (QED) is 0.757. The second kappa shape index (κ2) is 5.94. The van der Waals surface area contributed by atoms with Crippen molar-refractivity contribution in [1.82, 2.24) is 0 Å². The van der Waals surface area contributed by atoms with Gasteiger partial charge in [0.1, 0.15) is 6.07 Å². The lowest BCUT2D eigenvalue weighted by molar-refractivity contribution is -0.142. The Bertz CT molecular complexity index is 431. The van der Waals surface area contributed by atoms with Gasteiger partial charge in [-0.15, -0.1) is 0 Å². The Hall–Kier alpha value is -1.79. The highest BCUT2D eigenvalue weighted by Crippen LogP contribution is 2.11. The Morgan fingerprint density at radius 1 is 1.50 bits per heavy atom. The second-order valence-electron chi connectivity index (χ2n) is 3.07. The molecule has 0 spiro atoms. The zero-order valence-electron chi connectivity index (χ0n) is 8.68. The number of carbonyl (C=O) groups is 1. The third-order valence-corrected chi connectivity index (χ3v) is 2.01. The molecule has 1 rings (SSSR count). The van der Waals surface area contributed by atoms with Crippen LogP contribution in [0.25, 0.3) is 6.08 Å². The van der Waals surface area contributed by atoms with E-state index in [2.05, 4.69) is 0 Å². The lowest BCUT2D eigenvalue weighted by Crippen LogP contribution is -2.10. The molecule has 0 saturated carbocycles. The zero-order valence-corrected chi connectivity index (χ0v) is 9.44. The Labute approximate surface area is 98.9 Å². The first-order chi connectivity index (χ1) is 7.61. The van der Waals surface area contributed by atoms with Gasteiger partial charge < -0.3 is 4.74 Å². The summed E-state index contributed by atoms with van der Waals surface area (Å²) >= 11 is 5.72. The van der Waals surface area contributed by atoms with Crippen LogP contribution in [0, 0.1) is 11.3 Å². The van der Waals surface area contributed by atoms with Crippen LogP contribution in [0.15, 0.2) is 30.3 Å². The van der Waals surface area contributed by atoms with Gasteiger partial charge in [0.15, 0.2) is 0 Å². The fourth-order valence-electron chi connectivity index (χ4n) is 1.06. The van der Waals surface area contributed by atoms with Crippen molar-refractivity contribution in [3.63, 3.8) is 0 Å². The van der Waals surface area contributed by atoms with E-state index in [4.69, 9.17) is 21.6 Å². The van der Waals surface area contributed by atoms with E-state index in [1.165, 1.54) is 13.0 Å². The second-order valence-corrected chi connectivity index (χ2v) is 3.51. The maximum atomic E-state index is 10.6. The summed E-state index contributed by atoms with van der Waals surface area (Å²) in [6, 6.07) is 8.96. The lowest BCUT2D eigenvalue weighted by Gasteiger charge is -2.03. The largest absolute Gasteiger partial charge is 0.443 e. The van der Waals surface area contributed by atoms with E-state index in [0.717, 1.165) is 5.56 Å². The standard InChI is InChI=1S/C12H10ClNO2/c1-9(15)16-12(8-14)7-4-10-2-5-11(13)6-3-10/h2-7,12H,1H3/b7-4+. The monoisotopic (exact) mass is 235 g/mol. The highest BCUT2D eigenvalue weighted by molar-refractivity contribution is 6.30. The molecular formula is C12H10ClNO2. The summed E-state index contributed by atoms with van der Waals surface area (Å²) in [6.45, 7) is 1.26. The number of nitrogens with zero attached hydrogens (tertiary/aromatic N) is 1. The van der Waals surface area contributed by atoms with Crippen LogP contribution in [0.3, 0.4) is 0 Å². The van der Waals surface area contributed by atoms with Crippen LogP contribution in [0.1, 0.15) is 12.5 Å². The molecule has 0 aliphatic carbocycles. The minimum absolute atomic E-state index is 0.479. The van der Waals surface area contributed by atoms with Crippen molar-refractivity contribution in [3.05, 3.63) is 40.9 Å². The van der Waals surface area contributed by atoms with Gasteiger partial charge in [-0.1, -0.05) is 29.8 Å². The molecule has 1 unspecified atom stereocenters. The fraction of sp³-hybridized carbons (Fsp3) is 0.167. The van der Waals surface area contributed by atoms with Gasteiger partial charge in [-0.3, -0.25) is 4.79 Å². The molecular weight excluding hydrogens is 226 g/mol. The molecule has 3 nitrogen and oxygen atoms in total. The van der Waals surface area contributed by atoms with E-state index in [1.807, 2.05) is 6.07 Å². The molecule has 0 saturated heterocycles. The van der Waals surface area contributed by atoms with Gasteiger partial charge in [0.2, 0.25) is 6.10 Å². The molecule has 1 aromatic carbocycles. The smallest absolute Gasteiger partial charge is 0.304 e. The molecule has 1 aromatic rings. The average molecular weight is 236 g/mol. The van der Waals surface area contributed by atoms with E-state index in [-0.39, 0.29) is 0 Å². The van der Waals surface area contributed by atoms with Crippen LogP contribution < -0.4 is 0 Å². The van der Waals surface area contributed by atoms with Crippen LogP contribution in [-0.4, -0.2) is 12.1 Å². The summed E-state index contributed by atoms with van der Waals surface area (Å²) in [5.41, 5.74) is 0.886. The Morgan fingerprint density at radius 2 is 2.12 bits per heavy atom. The van der Waals surface area contributed by atoms with Crippen LogP contribution in [-0.2, 0) is 9.53 Å². The number of rotatable bonds is 3. The number of nitriles is 1. The van der Waals surface area contributed by atoms with E-state index in [1.54, 1.807) is 30.3 Å². The molecule has 0 amide bonds. The third kappa shape index (κ3) is 4.16. The van der Waals surface area contributed by atoms with Crippen LogP contribution >= 0.6 is 11.6 Å². The minimum atomic E-state index is -0.854. The summed E-state index contributed by atoms with van der Waals surface area (Å²) in [6.07, 6.45) is 2.37. The molecule has 4 heteroatoms. The van der Waals surface area contributed by atoms with Crippen molar-refractivity contribution in [2.75, 3.05) is 0 Å². The normalized spacial score (nSPS) is 12.1. The van der Waals surface area contributed by atoms with Crippen LogP contribution in [0.5, 0.6) is 0 Å². The number of esters is 1. The highest BCUT2D eigenvalue weighted by Gasteiger charge is 2.04. The van der Waals surface area contributed by atoms with Gasteiger partial charge in [-0.25, -0.2) is 0 Å². The maximum absolute atomic E-state index is 10.6. The molecule has 0 aliphatic rings. The van der Waals surface area contributed by atoms with Gasteiger partial charge >= 0.3 is 5.97 Å². The van der Waals surface area contributed by atoms with Gasteiger partial charge in [0, 0.05) is 11.9 Å². The first kappa shape index (κ1) is 12.3. The molecule has 82 valence electrons. The third-order valence-electron chi connectivity index (χ3n) is 1.75. The maximum Gasteiger partial charge on any atom is 0.304 e. The first-order valence-corrected chi connectivity index (χ1v) is 5.00. The van der Waals surface area contributed by atoms with Crippen molar-refractivity contribution in [1.29, 1.82) is 5.26 Å². The average Bonchev–Trinajstić information content (AvgIpc) is 2.26. The number of hydrogen-bond acceptors (Lipinski definition) is 3. The molecule has 16 heavy (non-hydrogen) atoms. The molecule has 0 aliphatic heterocycles. The molecule has 0 heterocycles. The number of hydrogen-bond donors (Lipinski definition) is 0. The number of carbonyl (C=O) groups excluding carboxylic acids is 1. The molecule has 1 atom stereocenters. The summed E-state index contributed by atoms with van der Waals surface area (Å²) in [5.74, 6) is -0.479. The van der Waals surface area contributed by atoms with Gasteiger partial charge in [0.05, 0.1) is 0 Å². The summed E-state index contributed by atoms with van der Waals surface area (Å²) in [5, 5.41) is 9.34. The Balaban J connectivity index is 2.68. The van der Waals surface area contributed by atoms with Crippen molar-refractivity contribution in [2.24, 2.45) is 0 Å². The Kier molecular flexibility index (Phi) is 4.56. The molecule has 0 bridgehead atoms. The number of halogens is 1.